The highest BCUT2D eigenvalue weighted by Crippen LogP contribution is 2.26. The third kappa shape index (κ3) is 3.33. The van der Waals surface area contributed by atoms with Gasteiger partial charge >= 0.3 is 0 Å². The van der Waals surface area contributed by atoms with Crippen molar-refractivity contribution >= 4 is 16.7 Å². The minimum absolute atomic E-state index is 0.272. The summed E-state index contributed by atoms with van der Waals surface area (Å²) in [5, 5.41) is 0. The Morgan fingerprint density at radius 1 is 1.08 bits per heavy atom. The molecule has 124 valence electrons. The molecule has 0 unspecified atom stereocenters. The van der Waals surface area contributed by atoms with Crippen molar-refractivity contribution in [1.29, 1.82) is 0 Å². The number of methoxy groups -OCH3 is 1. The first-order valence-electron chi connectivity index (χ1n) is 7.83. The molecule has 0 saturated heterocycles. The number of ether oxygens (including phenoxy) is 1. The molecule has 0 fully saturated rings. The molecular formula is C18H19FN4O. The summed E-state index contributed by atoms with van der Waals surface area (Å²) in [5.74, 6) is -0.272. The Bertz CT molecular complexity index is 840. The molecule has 0 amide bonds. The summed E-state index contributed by atoms with van der Waals surface area (Å²) >= 11 is 0. The van der Waals surface area contributed by atoms with Gasteiger partial charge in [-0.25, -0.2) is 4.39 Å². The van der Waals surface area contributed by atoms with Crippen molar-refractivity contribution in [2.24, 2.45) is 0 Å². The normalized spacial score (nSPS) is 11.0. The van der Waals surface area contributed by atoms with E-state index in [2.05, 4.69) is 15.0 Å². The van der Waals surface area contributed by atoms with Crippen molar-refractivity contribution in [3.05, 3.63) is 48.7 Å². The molecule has 3 aromatic rings. The van der Waals surface area contributed by atoms with Crippen LogP contribution >= 0.6 is 0 Å². The zero-order valence-electron chi connectivity index (χ0n) is 13.7. The van der Waals surface area contributed by atoms with Crippen molar-refractivity contribution in [2.45, 2.75) is 6.92 Å². The molecule has 1 aromatic carbocycles. The van der Waals surface area contributed by atoms with Crippen LogP contribution in [0.1, 0.15) is 6.92 Å². The van der Waals surface area contributed by atoms with Gasteiger partial charge in [-0.05, 0) is 25.1 Å². The molecule has 2 heterocycles. The van der Waals surface area contributed by atoms with Gasteiger partial charge in [0.2, 0.25) is 0 Å². The second kappa shape index (κ2) is 7.31. The van der Waals surface area contributed by atoms with Crippen LogP contribution in [-0.2, 0) is 4.74 Å². The van der Waals surface area contributed by atoms with E-state index in [1.165, 1.54) is 6.07 Å². The zero-order valence-corrected chi connectivity index (χ0v) is 13.7. The number of fused-ring (bicyclic) bond motifs is 1. The number of hydrogen-bond donors (Lipinski definition) is 0. The SMILES string of the molecule is CCN(CCOC)c1ccc(-c2cc3nccnc3cn2)cc1F. The predicted molar refractivity (Wildman–Crippen MR) is 92.5 cm³/mol. The monoisotopic (exact) mass is 326 g/mol. The maximum absolute atomic E-state index is 14.6. The van der Waals surface area contributed by atoms with Crippen LogP contribution in [0.2, 0.25) is 0 Å². The summed E-state index contributed by atoms with van der Waals surface area (Å²) in [4.78, 5) is 14.8. The summed E-state index contributed by atoms with van der Waals surface area (Å²) in [6.07, 6.45) is 4.91. The minimum atomic E-state index is -0.272. The van der Waals surface area contributed by atoms with Gasteiger partial charge in [-0.3, -0.25) is 15.0 Å². The molecule has 0 radical (unpaired) electrons. The lowest BCUT2D eigenvalue weighted by Crippen LogP contribution is -2.27. The zero-order chi connectivity index (χ0) is 16.9. The number of hydrogen-bond acceptors (Lipinski definition) is 5. The van der Waals surface area contributed by atoms with Crippen molar-refractivity contribution in [1.82, 2.24) is 15.0 Å². The first-order valence-corrected chi connectivity index (χ1v) is 7.83. The summed E-state index contributed by atoms with van der Waals surface area (Å²) in [7, 11) is 1.64. The third-order valence-electron chi connectivity index (χ3n) is 3.89. The van der Waals surface area contributed by atoms with Crippen LogP contribution < -0.4 is 4.90 Å². The molecule has 0 spiro atoms. The highest BCUT2D eigenvalue weighted by atomic mass is 19.1. The average molecular weight is 326 g/mol. The van der Waals surface area contributed by atoms with Gasteiger partial charge in [0, 0.05) is 38.2 Å². The highest BCUT2D eigenvalue weighted by Gasteiger charge is 2.12. The molecule has 0 N–H and O–H groups in total. The van der Waals surface area contributed by atoms with Crippen LogP contribution in [-0.4, -0.2) is 41.8 Å². The molecule has 0 aliphatic rings. The maximum atomic E-state index is 14.6. The van der Waals surface area contributed by atoms with E-state index in [0.717, 1.165) is 11.0 Å². The van der Waals surface area contributed by atoms with E-state index in [9.17, 15) is 4.39 Å². The van der Waals surface area contributed by atoms with E-state index in [0.29, 0.717) is 36.6 Å². The van der Waals surface area contributed by atoms with Crippen molar-refractivity contribution in [2.75, 3.05) is 31.7 Å². The molecule has 24 heavy (non-hydrogen) atoms. The van der Waals surface area contributed by atoms with Gasteiger partial charge in [0.25, 0.3) is 0 Å². The summed E-state index contributed by atoms with van der Waals surface area (Å²) in [6.45, 7) is 3.91. The van der Waals surface area contributed by atoms with Gasteiger partial charge < -0.3 is 9.64 Å². The molecule has 0 atom stereocenters. The van der Waals surface area contributed by atoms with Crippen LogP contribution in [0, 0.1) is 5.82 Å². The molecule has 6 heteroatoms. The number of nitrogens with zero attached hydrogens (tertiary/aromatic N) is 4. The quantitative estimate of drug-likeness (QED) is 0.695. The van der Waals surface area contributed by atoms with Crippen LogP contribution in [0.4, 0.5) is 10.1 Å². The van der Waals surface area contributed by atoms with Gasteiger partial charge in [-0.2, -0.15) is 0 Å². The topological polar surface area (TPSA) is 51.1 Å². The van der Waals surface area contributed by atoms with E-state index < -0.39 is 0 Å². The minimum Gasteiger partial charge on any atom is -0.383 e. The number of rotatable bonds is 6. The first kappa shape index (κ1) is 16.3. The molecule has 3 rings (SSSR count). The fourth-order valence-corrected chi connectivity index (χ4v) is 2.60. The van der Waals surface area contributed by atoms with E-state index >= 15 is 0 Å². The van der Waals surface area contributed by atoms with Crippen LogP contribution in [0.15, 0.2) is 42.9 Å². The Kier molecular flexibility index (Phi) is 4.96. The largest absolute Gasteiger partial charge is 0.383 e. The second-order valence-corrected chi connectivity index (χ2v) is 5.35. The summed E-state index contributed by atoms with van der Waals surface area (Å²) in [5.41, 5.74) is 3.41. The van der Waals surface area contributed by atoms with Crippen LogP contribution in [0.3, 0.4) is 0 Å². The molecule has 0 aliphatic heterocycles. The van der Waals surface area contributed by atoms with Crippen LogP contribution in [0.5, 0.6) is 0 Å². The van der Waals surface area contributed by atoms with Gasteiger partial charge in [-0.15, -0.1) is 0 Å². The Morgan fingerprint density at radius 3 is 2.58 bits per heavy atom. The second-order valence-electron chi connectivity index (χ2n) is 5.35. The van der Waals surface area contributed by atoms with Crippen molar-refractivity contribution in [3.8, 4) is 11.3 Å². The fourth-order valence-electron chi connectivity index (χ4n) is 2.60. The lowest BCUT2D eigenvalue weighted by Gasteiger charge is -2.23. The molecule has 5 nitrogen and oxygen atoms in total. The van der Waals surface area contributed by atoms with Crippen molar-refractivity contribution in [3.63, 3.8) is 0 Å². The molecule has 2 aromatic heterocycles. The van der Waals surface area contributed by atoms with E-state index in [1.807, 2.05) is 24.0 Å². The van der Waals surface area contributed by atoms with Gasteiger partial charge in [0.1, 0.15) is 11.3 Å². The maximum Gasteiger partial charge on any atom is 0.147 e. The standard InChI is InChI=1S/C18H19FN4O/c1-3-23(8-9-24-2)18-5-4-13(10-14(18)19)15-11-16-17(12-22-15)21-7-6-20-16/h4-7,10-12H,3,8-9H2,1-2H3. The molecule has 0 saturated carbocycles. The van der Waals surface area contributed by atoms with Crippen molar-refractivity contribution < 1.29 is 9.13 Å². The van der Waals surface area contributed by atoms with Gasteiger partial charge in [0.05, 0.1) is 29.7 Å². The Hall–Kier alpha value is -2.60. The number of halogens is 1. The van der Waals surface area contributed by atoms with E-state index in [-0.39, 0.29) is 5.82 Å². The summed E-state index contributed by atoms with van der Waals surface area (Å²) < 4.78 is 19.7. The number of aromatic nitrogens is 3. The van der Waals surface area contributed by atoms with E-state index in [1.54, 1.807) is 31.8 Å². The van der Waals surface area contributed by atoms with Gasteiger partial charge in [0.15, 0.2) is 0 Å². The average Bonchev–Trinajstić information content (AvgIpc) is 2.63. The lowest BCUT2D eigenvalue weighted by atomic mass is 10.1. The third-order valence-corrected chi connectivity index (χ3v) is 3.89. The fraction of sp³-hybridized carbons (Fsp3) is 0.278. The number of likely N-dealkylation sites (N-methyl/N-ethyl adjacent to an activating group) is 1. The molecular weight excluding hydrogens is 307 g/mol. The molecule has 0 aliphatic carbocycles. The van der Waals surface area contributed by atoms with Gasteiger partial charge in [-0.1, -0.05) is 6.07 Å². The predicted octanol–water partition coefficient (Wildman–Crippen LogP) is 3.30. The molecule has 0 bridgehead atoms. The number of benzene rings is 1. The summed E-state index contributed by atoms with van der Waals surface area (Å²) in [6, 6.07) is 6.99. The van der Waals surface area contributed by atoms with E-state index in [4.69, 9.17) is 4.74 Å². The Labute approximate surface area is 140 Å². The smallest absolute Gasteiger partial charge is 0.147 e. The Morgan fingerprint density at radius 2 is 1.88 bits per heavy atom. The first-order chi connectivity index (χ1) is 11.7. The lowest BCUT2D eigenvalue weighted by molar-refractivity contribution is 0.205. The number of anilines is 1. The highest BCUT2D eigenvalue weighted by molar-refractivity contribution is 5.78. The Balaban J connectivity index is 1.92. The number of pyridine rings is 1. The van der Waals surface area contributed by atoms with Crippen LogP contribution in [0.25, 0.3) is 22.3 Å².